The topological polar surface area (TPSA) is 132 Å². The minimum absolute atomic E-state index is 0.683. The highest BCUT2D eigenvalue weighted by Gasteiger charge is 2.28. The summed E-state index contributed by atoms with van der Waals surface area (Å²) in [6.07, 6.45) is 0. The first-order valence-electron chi connectivity index (χ1n) is 47.9. The fourth-order valence-electron chi connectivity index (χ4n) is 21.5. The lowest BCUT2D eigenvalue weighted by molar-refractivity contribution is 0.673. The van der Waals surface area contributed by atoms with Crippen molar-refractivity contribution in [3.8, 4) is 107 Å². The second-order valence-electron chi connectivity index (χ2n) is 36.1. The molecule has 0 amide bonds. The van der Waals surface area contributed by atoms with E-state index < -0.39 is 0 Å². The van der Waals surface area contributed by atoms with Gasteiger partial charge in [0.2, 0.25) is 0 Å². The lowest BCUT2D eigenvalue weighted by Gasteiger charge is -2.11. The molecule has 0 saturated heterocycles. The SMILES string of the molecule is c1ccc(-c2ccc(-c3nc(-c4cccc5c4oc4c5ccc5c4c4ccccc4n5-c4ccccc4)c4ccccc4n3)cc2)cc1.c1ccc(-c2cccc(-c3nc(-c4cccc5c4oc4c5ccc5c4c4ccccc4n5-c4ccccc4)c4ccccc4n3)c2)cc1.c1ccc(-n2c3ccccc3c3c4oc5c(-c6nc(-c7ccc8ccccc8c7)nc7ccccc67)cccc5c4ccc32)cc1. The highest BCUT2D eigenvalue weighted by Crippen LogP contribution is 2.50. The van der Waals surface area contributed by atoms with Crippen LogP contribution in [0.1, 0.15) is 0 Å². The van der Waals surface area contributed by atoms with E-state index >= 15 is 0 Å². The van der Waals surface area contributed by atoms with Gasteiger partial charge < -0.3 is 27.0 Å². The minimum atomic E-state index is 0.683. The fourth-order valence-corrected chi connectivity index (χ4v) is 21.5. The van der Waals surface area contributed by atoms with Crippen LogP contribution in [-0.2, 0) is 0 Å². The third-order valence-corrected chi connectivity index (χ3v) is 28.0. The van der Waals surface area contributed by atoms with Gasteiger partial charge in [0.05, 0.1) is 82.9 Å². The summed E-state index contributed by atoms with van der Waals surface area (Å²) in [5, 5.41) is 18.6. The van der Waals surface area contributed by atoms with Gasteiger partial charge in [-0.2, -0.15) is 0 Å². The smallest absolute Gasteiger partial charge is 0.160 e. The molecule has 21 aromatic carbocycles. The minimum Gasteiger partial charge on any atom is -0.455 e. The zero-order valence-electron chi connectivity index (χ0n) is 76.4. The first-order valence-corrected chi connectivity index (χ1v) is 47.9. The Kier molecular flexibility index (Phi) is 19.0. The largest absolute Gasteiger partial charge is 0.455 e. The predicted octanol–water partition coefficient (Wildman–Crippen LogP) is 34.4. The first kappa shape index (κ1) is 81.1. The highest BCUT2D eigenvalue weighted by atomic mass is 16.3. The Morgan fingerprint density at radius 2 is 0.430 bits per heavy atom. The van der Waals surface area contributed by atoms with Crippen LogP contribution in [0.5, 0.6) is 0 Å². The van der Waals surface area contributed by atoms with Gasteiger partial charge in [0.1, 0.15) is 33.5 Å². The van der Waals surface area contributed by atoms with Gasteiger partial charge in [0.15, 0.2) is 17.5 Å². The third kappa shape index (κ3) is 13.4. The fraction of sp³-hybridized carbons (Fsp3) is 0. The molecule has 0 fully saturated rings. The van der Waals surface area contributed by atoms with Crippen LogP contribution in [0.25, 0.3) is 282 Å². The zero-order valence-corrected chi connectivity index (χ0v) is 76.4. The molecule has 662 valence electrons. The Bertz CT molecular complexity index is 10300. The zero-order chi connectivity index (χ0) is 93.4. The molecule has 9 aromatic heterocycles. The molecular weight excluding hydrogens is 1740 g/mol. The molecule has 0 atom stereocenters. The Labute approximate surface area is 812 Å². The Balaban J connectivity index is 0.000000104. The van der Waals surface area contributed by atoms with Crippen molar-refractivity contribution in [1.82, 2.24) is 43.6 Å². The van der Waals surface area contributed by atoms with Crippen molar-refractivity contribution in [1.29, 1.82) is 0 Å². The van der Waals surface area contributed by atoms with Crippen molar-refractivity contribution in [3.63, 3.8) is 0 Å². The third-order valence-electron chi connectivity index (χ3n) is 28.0. The summed E-state index contributed by atoms with van der Waals surface area (Å²) in [6.45, 7) is 0. The van der Waals surface area contributed by atoms with Crippen LogP contribution in [0.4, 0.5) is 0 Å². The van der Waals surface area contributed by atoms with Crippen LogP contribution < -0.4 is 0 Å². The van der Waals surface area contributed by atoms with Gasteiger partial charge in [0, 0.05) is 115 Å². The standard InChI is InChI=1S/2C44H27N3O.C42H25N3O/c1-3-13-28(14-4-1)29-15-11-16-30(27-29)44-45-37-23-9-7-19-34(37)41(46-44)36-22-12-21-32-33-25-26-39-40(43(33)48-42(32)36)35-20-8-10-24-38(35)47(39)31-17-5-2-6-18-31;1-3-12-28(13-4-1)29-22-24-30(25-23-29)44-45-37-20-9-7-16-34(37)41(46-44)36-19-11-18-32-33-26-27-39-40(43(33)48-42(32)36)35-17-8-10-21-38(35)47(39)31-14-5-2-6-15-31;1-2-13-29(14-3-1)45-36-20-9-7-16-33(36)38-37(45)24-23-31-30-17-10-18-34(40(30)46-41(31)38)39-32-15-6-8-19-35(32)43-42(44-39)28-22-21-26-11-4-5-12-27(26)25-28/h2*1-27H;1-25H. The van der Waals surface area contributed by atoms with Gasteiger partial charge in [-0.1, -0.05) is 340 Å². The maximum atomic E-state index is 7.01. The summed E-state index contributed by atoms with van der Waals surface area (Å²) in [5.41, 5.74) is 31.0. The molecule has 0 radical (unpaired) electrons. The van der Waals surface area contributed by atoms with Gasteiger partial charge >= 0.3 is 0 Å². The molecule has 142 heavy (non-hydrogen) atoms. The van der Waals surface area contributed by atoms with Crippen molar-refractivity contribution in [2.45, 2.75) is 0 Å². The summed E-state index contributed by atoms with van der Waals surface area (Å²) in [6, 6.07) is 167. The number of fused-ring (bicyclic) bond motifs is 25. The van der Waals surface area contributed by atoms with E-state index in [4.69, 9.17) is 43.2 Å². The normalized spacial score (nSPS) is 11.8. The van der Waals surface area contributed by atoms with Gasteiger partial charge in [0.25, 0.3) is 0 Å². The Hall–Kier alpha value is -19.3. The van der Waals surface area contributed by atoms with Gasteiger partial charge in [-0.15, -0.1) is 0 Å². The molecule has 0 saturated carbocycles. The van der Waals surface area contributed by atoms with E-state index in [-0.39, 0.29) is 0 Å². The van der Waals surface area contributed by atoms with E-state index in [9.17, 15) is 0 Å². The molecule has 12 heteroatoms. The van der Waals surface area contributed by atoms with Crippen molar-refractivity contribution < 1.29 is 13.3 Å². The molecule has 0 aliphatic heterocycles. The number of aromatic nitrogens is 9. The van der Waals surface area contributed by atoms with E-state index in [0.29, 0.717) is 17.5 Å². The molecule has 0 aliphatic carbocycles. The van der Waals surface area contributed by atoms with E-state index in [1.54, 1.807) is 0 Å². The summed E-state index contributed by atoms with van der Waals surface area (Å²) >= 11 is 0. The van der Waals surface area contributed by atoms with Crippen molar-refractivity contribution in [2.75, 3.05) is 0 Å². The highest BCUT2D eigenvalue weighted by molar-refractivity contribution is 6.29. The molecular formula is C130H79N9O3. The van der Waals surface area contributed by atoms with Gasteiger partial charge in [-0.3, -0.25) is 0 Å². The summed E-state index contributed by atoms with van der Waals surface area (Å²) in [5.74, 6) is 2.06. The maximum Gasteiger partial charge on any atom is 0.160 e. The van der Waals surface area contributed by atoms with E-state index in [1.807, 2.05) is 48.5 Å². The van der Waals surface area contributed by atoms with Crippen molar-refractivity contribution in [3.05, 3.63) is 479 Å². The number of para-hydroxylation sites is 12. The van der Waals surface area contributed by atoms with Gasteiger partial charge in [-0.05, 0) is 173 Å². The molecule has 0 aliphatic rings. The summed E-state index contributed by atoms with van der Waals surface area (Å²) in [7, 11) is 0. The van der Waals surface area contributed by atoms with E-state index in [1.165, 1.54) is 16.3 Å². The number of hydrogen-bond donors (Lipinski definition) is 0. The molecule has 0 spiro atoms. The molecule has 12 nitrogen and oxygen atoms in total. The predicted molar refractivity (Wildman–Crippen MR) is 584 cm³/mol. The lowest BCUT2D eigenvalue weighted by Crippen LogP contribution is -1.95. The number of nitrogens with zero attached hydrogens (tertiary/aromatic N) is 9. The lowest BCUT2D eigenvalue weighted by atomic mass is 10.0. The average Bonchev–Trinajstić information content (AvgIpc) is 1.62. The molecule has 30 rings (SSSR count). The first-order chi connectivity index (χ1) is 70.4. The van der Waals surface area contributed by atoms with Crippen LogP contribution in [0.2, 0.25) is 0 Å². The number of rotatable bonds is 11. The Morgan fingerprint density at radius 3 is 0.831 bits per heavy atom. The van der Waals surface area contributed by atoms with Crippen molar-refractivity contribution >= 4 is 175 Å². The monoisotopic (exact) mass is 1810 g/mol. The van der Waals surface area contributed by atoms with Crippen LogP contribution in [0, 0.1) is 0 Å². The second-order valence-corrected chi connectivity index (χ2v) is 36.1. The van der Waals surface area contributed by atoms with E-state index in [0.717, 1.165) is 248 Å². The molecule has 0 unspecified atom stereocenters. The summed E-state index contributed by atoms with van der Waals surface area (Å²) in [4.78, 5) is 30.9. The van der Waals surface area contributed by atoms with Crippen LogP contribution in [-0.4, -0.2) is 43.6 Å². The molecule has 9 heterocycles. The average molecular weight is 1820 g/mol. The molecule has 30 aromatic rings. The number of benzene rings is 21. The van der Waals surface area contributed by atoms with Crippen molar-refractivity contribution in [2.24, 2.45) is 0 Å². The second kappa shape index (κ2) is 33.3. The molecule has 0 bridgehead atoms. The number of furan rings is 3. The van der Waals surface area contributed by atoms with Crippen LogP contribution >= 0.6 is 0 Å². The number of hydrogen-bond acceptors (Lipinski definition) is 9. The van der Waals surface area contributed by atoms with E-state index in [2.05, 4.69) is 444 Å². The van der Waals surface area contributed by atoms with Crippen LogP contribution in [0.3, 0.4) is 0 Å². The summed E-state index contributed by atoms with van der Waals surface area (Å²) < 4.78 is 28.0. The Morgan fingerprint density at radius 1 is 0.155 bits per heavy atom. The quantitative estimate of drug-likeness (QED) is 0.124. The molecule has 0 N–H and O–H groups in total. The van der Waals surface area contributed by atoms with Gasteiger partial charge in [-0.25, -0.2) is 29.9 Å². The van der Waals surface area contributed by atoms with Crippen LogP contribution in [0.15, 0.2) is 492 Å². The maximum absolute atomic E-state index is 7.01.